The lowest BCUT2D eigenvalue weighted by atomic mass is 9.94. The molecule has 1 atom stereocenters. The van der Waals surface area contributed by atoms with Crippen molar-refractivity contribution in [2.75, 3.05) is 14.2 Å². The molecule has 1 aromatic rings. The van der Waals surface area contributed by atoms with E-state index in [2.05, 4.69) is 4.98 Å². The van der Waals surface area contributed by atoms with Crippen molar-refractivity contribution >= 4 is 5.78 Å². The predicted molar refractivity (Wildman–Crippen MR) is 74.9 cm³/mol. The fourth-order valence-corrected chi connectivity index (χ4v) is 2.00. The molecular formula is C14H21NO5. The number of ketones is 1. The molecule has 20 heavy (non-hydrogen) atoms. The van der Waals surface area contributed by atoms with Crippen molar-refractivity contribution in [3.05, 3.63) is 15.9 Å². The van der Waals surface area contributed by atoms with Crippen LogP contribution in [0, 0.1) is 5.92 Å². The average molecular weight is 283 g/mol. The third-order valence-corrected chi connectivity index (χ3v) is 3.21. The molecule has 1 unspecified atom stereocenters. The monoisotopic (exact) mass is 283 g/mol. The van der Waals surface area contributed by atoms with Crippen molar-refractivity contribution in [3.63, 3.8) is 0 Å². The number of aromatic hydroxyl groups is 1. The lowest BCUT2D eigenvalue weighted by Crippen LogP contribution is -2.23. The topological polar surface area (TPSA) is 88.6 Å². The number of aromatic nitrogens is 1. The first-order valence-corrected chi connectivity index (χ1v) is 6.59. The highest BCUT2D eigenvalue weighted by Gasteiger charge is 2.26. The van der Waals surface area contributed by atoms with Crippen LogP contribution in [0.5, 0.6) is 17.4 Å². The quantitative estimate of drug-likeness (QED) is 0.748. The van der Waals surface area contributed by atoms with Crippen LogP contribution in [0.1, 0.15) is 43.5 Å². The molecule has 6 nitrogen and oxygen atoms in total. The number of hydrogen-bond acceptors (Lipinski definition) is 5. The largest absolute Gasteiger partial charge is 0.503 e. The molecule has 0 saturated carbocycles. The van der Waals surface area contributed by atoms with E-state index >= 15 is 0 Å². The standard InChI is InChI=1S/C14H21NO5/c1-5-6-7-8(2)10(16)9-11(17)12(19-3)14(20-4)15-13(9)18/h8H,5-7H2,1-4H3,(H2,15,17,18). The van der Waals surface area contributed by atoms with Crippen LogP contribution in [0.2, 0.25) is 0 Å². The molecule has 0 radical (unpaired) electrons. The maximum Gasteiger partial charge on any atom is 0.265 e. The zero-order valence-corrected chi connectivity index (χ0v) is 12.3. The number of unbranched alkanes of at least 4 members (excludes halogenated alkanes) is 1. The molecule has 1 aromatic heterocycles. The average Bonchev–Trinajstić information content (AvgIpc) is 2.43. The van der Waals surface area contributed by atoms with Crippen LogP contribution in [-0.4, -0.2) is 30.1 Å². The highest BCUT2D eigenvalue weighted by Crippen LogP contribution is 2.36. The van der Waals surface area contributed by atoms with Gasteiger partial charge >= 0.3 is 0 Å². The Bertz CT molecular complexity index is 535. The van der Waals surface area contributed by atoms with Gasteiger partial charge in [0.2, 0.25) is 11.6 Å². The third kappa shape index (κ3) is 3.12. The number of Topliss-reactive ketones (excluding diaryl/α,β-unsaturated/α-hetero) is 1. The molecule has 0 aromatic carbocycles. The summed E-state index contributed by atoms with van der Waals surface area (Å²) in [6.45, 7) is 3.77. The van der Waals surface area contributed by atoms with Crippen LogP contribution >= 0.6 is 0 Å². The van der Waals surface area contributed by atoms with Gasteiger partial charge in [0.25, 0.3) is 5.56 Å². The van der Waals surface area contributed by atoms with E-state index in [4.69, 9.17) is 9.47 Å². The maximum absolute atomic E-state index is 12.3. The molecule has 6 heteroatoms. The molecule has 1 rings (SSSR count). The van der Waals surface area contributed by atoms with Crippen molar-refractivity contribution in [1.82, 2.24) is 4.98 Å². The van der Waals surface area contributed by atoms with Crippen LogP contribution in [0.25, 0.3) is 0 Å². The third-order valence-electron chi connectivity index (χ3n) is 3.21. The van der Waals surface area contributed by atoms with Crippen LogP contribution in [0.3, 0.4) is 0 Å². The molecule has 1 heterocycles. The summed E-state index contributed by atoms with van der Waals surface area (Å²) >= 11 is 0. The molecule has 0 aliphatic heterocycles. The molecular weight excluding hydrogens is 262 g/mol. The summed E-state index contributed by atoms with van der Waals surface area (Å²) < 4.78 is 9.88. The highest BCUT2D eigenvalue weighted by molar-refractivity contribution is 6.00. The lowest BCUT2D eigenvalue weighted by Gasteiger charge is -2.14. The minimum absolute atomic E-state index is 0.00670. The number of carbonyl (C=O) groups is 1. The van der Waals surface area contributed by atoms with E-state index in [1.807, 2.05) is 6.92 Å². The van der Waals surface area contributed by atoms with Crippen LogP contribution in [0.4, 0.5) is 0 Å². The molecule has 0 bridgehead atoms. The van der Waals surface area contributed by atoms with Crippen molar-refractivity contribution < 1.29 is 19.4 Å². The summed E-state index contributed by atoms with van der Waals surface area (Å²) in [6.07, 6.45) is 2.52. The van der Waals surface area contributed by atoms with E-state index in [1.54, 1.807) is 6.92 Å². The molecule has 112 valence electrons. The number of rotatable bonds is 7. The Hall–Kier alpha value is -1.98. The summed E-state index contributed by atoms with van der Waals surface area (Å²) in [7, 11) is 2.66. The zero-order chi connectivity index (χ0) is 15.3. The van der Waals surface area contributed by atoms with Gasteiger partial charge in [0.15, 0.2) is 11.5 Å². The number of hydrogen-bond donors (Lipinski definition) is 2. The number of methoxy groups -OCH3 is 2. The second kappa shape index (κ2) is 6.98. The van der Waals surface area contributed by atoms with Gasteiger partial charge in [-0.05, 0) is 6.42 Å². The van der Waals surface area contributed by atoms with Crippen molar-refractivity contribution in [2.45, 2.75) is 33.1 Å². The summed E-state index contributed by atoms with van der Waals surface area (Å²) in [5.74, 6) is -1.24. The molecule has 0 saturated heterocycles. The molecule has 0 aliphatic carbocycles. The zero-order valence-electron chi connectivity index (χ0n) is 12.3. The Labute approximate surface area is 117 Å². The summed E-state index contributed by atoms with van der Waals surface area (Å²) in [5.41, 5.74) is -0.945. The molecule has 0 spiro atoms. The molecule has 2 N–H and O–H groups in total. The Balaban J connectivity index is 3.25. The normalized spacial score (nSPS) is 12.0. The summed E-state index contributed by atoms with van der Waals surface area (Å²) in [4.78, 5) is 26.6. The first-order chi connectivity index (χ1) is 9.47. The van der Waals surface area contributed by atoms with Crippen LogP contribution < -0.4 is 15.0 Å². The number of pyridine rings is 1. The maximum atomic E-state index is 12.3. The number of ether oxygens (including phenoxy) is 2. The second-order valence-corrected chi connectivity index (χ2v) is 4.65. The van der Waals surface area contributed by atoms with Gasteiger partial charge in [-0.1, -0.05) is 26.7 Å². The van der Waals surface area contributed by atoms with Crippen LogP contribution in [0.15, 0.2) is 4.79 Å². The van der Waals surface area contributed by atoms with Gasteiger partial charge < -0.3 is 14.6 Å². The first-order valence-electron chi connectivity index (χ1n) is 6.59. The summed E-state index contributed by atoms with van der Waals surface area (Å²) in [5, 5.41) is 10.1. The Morgan fingerprint density at radius 3 is 2.50 bits per heavy atom. The number of H-pyrrole nitrogens is 1. The lowest BCUT2D eigenvalue weighted by molar-refractivity contribution is 0.0917. The number of aromatic amines is 1. The second-order valence-electron chi connectivity index (χ2n) is 4.65. The number of nitrogens with one attached hydrogen (secondary N) is 1. The van der Waals surface area contributed by atoms with E-state index < -0.39 is 17.1 Å². The SMILES string of the molecule is CCCCC(C)C(=O)c1c(O)c(OC)c(OC)[nH]c1=O. The van der Waals surface area contributed by atoms with Gasteiger partial charge in [0.05, 0.1) is 14.2 Å². The van der Waals surface area contributed by atoms with E-state index in [0.29, 0.717) is 6.42 Å². The van der Waals surface area contributed by atoms with Gasteiger partial charge in [0.1, 0.15) is 5.56 Å². The van der Waals surface area contributed by atoms with Crippen molar-refractivity contribution in [3.8, 4) is 17.4 Å². The molecule has 0 fully saturated rings. The fourth-order valence-electron chi connectivity index (χ4n) is 2.00. The van der Waals surface area contributed by atoms with Crippen molar-refractivity contribution in [1.29, 1.82) is 0 Å². The first kappa shape index (κ1) is 16.1. The van der Waals surface area contributed by atoms with E-state index in [-0.39, 0.29) is 23.1 Å². The highest BCUT2D eigenvalue weighted by atomic mass is 16.5. The van der Waals surface area contributed by atoms with Crippen molar-refractivity contribution in [2.24, 2.45) is 5.92 Å². The predicted octanol–water partition coefficient (Wildman–Crippen LogP) is 2.11. The van der Waals surface area contributed by atoms with Gasteiger partial charge in [-0.2, -0.15) is 0 Å². The van der Waals surface area contributed by atoms with E-state index in [1.165, 1.54) is 14.2 Å². The molecule has 0 amide bonds. The van der Waals surface area contributed by atoms with Gasteiger partial charge in [-0.3, -0.25) is 14.6 Å². The smallest absolute Gasteiger partial charge is 0.265 e. The Morgan fingerprint density at radius 2 is 2.00 bits per heavy atom. The van der Waals surface area contributed by atoms with E-state index in [0.717, 1.165) is 12.8 Å². The van der Waals surface area contributed by atoms with Crippen LogP contribution in [-0.2, 0) is 0 Å². The van der Waals surface area contributed by atoms with E-state index in [9.17, 15) is 14.7 Å². The van der Waals surface area contributed by atoms with Gasteiger partial charge in [-0.15, -0.1) is 0 Å². The van der Waals surface area contributed by atoms with Gasteiger partial charge in [0, 0.05) is 5.92 Å². The summed E-state index contributed by atoms with van der Waals surface area (Å²) in [6, 6.07) is 0. The number of carbonyl (C=O) groups excluding carboxylic acids is 1. The Kier molecular flexibility index (Phi) is 5.61. The molecule has 0 aliphatic rings. The Morgan fingerprint density at radius 1 is 1.35 bits per heavy atom. The minimum Gasteiger partial charge on any atom is -0.503 e. The van der Waals surface area contributed by atoms with Gasteiger partial charge in [-0.25, -0.2) is 0 Å². The fraction of sp³-hybridized carbons (Fsp3) is 0.571. The minimum atomic E-state index is -0.673.